The van der Waals surface area contributed by atoms with Crippen LogP contribution in [0.2, 0.25) is 0 Å². The van der Waals surface area contributed by atoms with E-state index in [2.05, 4.69) is 0 Å². The van der Waals surface area contributed by atoms with Gasteiger partial charge in [-0.05, 0) is 48.4 Å². The molecule has 2 aliphatic heterocycles. The van der Waals surface area contributed by atoms with Crippen LogP contribution in [0.3, 0.4) is 0 Å². The van der Waals surface area contributed by atoms with Gasteiger partial charge in [0.15, 0.2) is 0 Å². The SMILES string of the molecule is O=C1CCCN1Cc1cccc(C(=O)N2CCN(C(=O)c3ccc(C(F)(F)F)cc3)CC2)c1. The fourth-order valence-corrected chi connectivity index (χ4v) is 4.17. The average Bonchev–Trinajstić information content (AvgIpc) is 3.22. The first-order valence-electron chi connectivity index (χ1n) is 10.8. The quantitative estimate of drug-likeness (QED) is 0.704. The molecular weight excluding hydrogens is 435 g/mol. The summed E-state index contributed by atoms with van der Waals surface area (Å²) >= 11 is 0. The fraction of sp³-hybridized carbons (Fsp3) is 0.375. The fourth-order valence-electron chi connectivity index (χ4n) is 4.17. The monoisotopic (exact) mass is 459 g/mol. The van der Waals surface area contributed by atoms with Crippen molar-refractivity contribution >= 4 is 17.7 Å². The van der Waals surface area contributed by atoms with Gasteiger partial charge in [0.25, 0.3) is 11.8 Å². The maximum Gasteiger partial charge on any atom is 0.416 e. The Morgan fingerprint density at radius 2 is 1.42 bits per heavy atom. The summed E-state index contributed by atoms with van der Waals surface area (Å²) in [6.07, 6.45) is -3.03. The normalized spacial score (nSPS) is 16.9. The maximum absolute atomic E-state index is 13.0. The summed E-state index contributed by atoms with van der Waals surface area (Å²) in [6.45, 7) is 2.47. The molecule has 33 heavy (non-hydrogen) atoms. The Balaban J connectivity index is 1.35. The smallest absolute Gasteiger partial charge is 0.338 e. The molecule has 0 saturated carbocycles. The first-order valence-corrected chi connectivity index (χ1v) is 10.8. The van der Waals surface area contributed by atoms with Gasteiger partial charge in [-0.25, -0.2) is 0 Å². The number of halogens is 3. The minimum absolute atomic E-state index is 0.126. The minimum Gasteiger partial charge on any atom is -0.338 e. The number of carbonyl (C=O) groups excluding carboxylic acids is 3. The van der Waals surface area contributed by atoms with Crippen LogP contribution in [0, 0.1) is 0 Å². The van der Waals surface area contributed by atoms with Crippen molar-refractivity contribution in [3.05, 3.63) is 70.8 Å². The van der Waals surface area contributed by atoms with Gasteiger partial charge in [0.05, 0.1) is 5.56 Å². The highest BCUT2D eigenvalue weighted by atomic mass is 19.4. The van der Waals surface area contributed by atoms with Gasteiger partial charge < -0.3 is 14.7 Å². The third-order valence-corrected chi connectivity index (χ3v) is 6.03. The van der Waals surface area contributed by atoms with E-state index in [1.165, 1.54) is 12.1 Å². The van der Waals surface area contributed by atoms with Gasteiger partial charge in [0.2, 0.25) is 5.91 Å². The molecule has 0 unspecified atom stereocenters. The average molecular weight is 459 g/mol. The van der Waals surface area contributed by atoms with E-state index < -0.39 is 11.7 Å². The summed E-state index contributed by atoms with van der Waals surface area (Å²) < 4.78 is 38.2. The second kappa shape index (κ2) is 9.25. The third kappa shape index (κ3) is 5.18. The van der Waals surface area contributed by atoms with Gasteiger partial charge in [-0.15, -0.1) is 0 Å². The largest absolute Gasteiger partial charge is 0.416 e. The van der Waals surface area contributed by atoms with Crippen LogP contribution >= 0.6 is 0 Å². The predicted molar refractivity (Wildman–Crippen MR) is 114 cm³/mol. The summed E-state index contributed by atoms with van der Waals surface area (Å²) in [5, 5.41) is 0. The Kier molecular flexibility index (Phi) is 6.40. The van der Waals surface area contributed by atoms with Gasteiger partial charge in [0, 0.05) is 56.8 Å². The molecule has 0 bridgehead atoms. The van der Waals surface area contributed by atoms with Gasteiger partial charge in [-0.2, -0.15) is 13.2 Å². The first-order chi connectivity index (χ1) is 15.7. The highest BCUT2D eigenvalue weighted by Crippen LogP contribution is 2.29. The van der Waals surface area contributed by atoms with E-state index in [0.717, 1.165) is 30.7 Å². The van der Waals surface area contributed by atoms with Crippen molar-refractivity contribution in [1.29, 1.82) is 0 Å². The highest BCUT2D eigenvalue weighted by molar-refractivity contribution is 5.96. The van der Waals surface area contributed by atoms with Crippen molar-refractivity contribution in [3.8, 4) is 0 Å². The second-order valence-electron chi connectivity index (χ2n) is 8.28. The predicted octanol–water partition coefficient (Wildman–Crippen LogP) is 3.43. The number of hydrogen-bond donors (Lipinski definition) is 0. The van der Waals surface area contributed by atoms with Crippen LogP contribution in [0.1, 0.15) is 44.7 Å². The lowest BCUT2D eigenvalue weighted by Gasteiger charge is -2.35. The van der Waals surface area contributed by atoms with Gasteiger partial charge in [-0.3, -0.25) is 14.4 Å². The van der Waals surface area contributed by atoms with E-state index in [1.54, 1.807) is 32.9 Å². The summed E-state index contributed by atoms with van der Waals surface area (Å²) in [7, 11) is 0. The molecule has 0 radical (unpaired) electrons. The van der Waals surface area contributed by atoms with Crippen LogP contribution in [0.4, 0.5) is 13.2 Å². The molecule has 2 aliphatic rings. The van der Waals surface area contributed by atoms with E-state index in [9.17, 15) is 27.6 Å². The number of rotatable bonds is 4. The molecular formula is C24H24F3N3O3. The van der Waals surface area contributed by atoms with Crippen molar-refractivity contribution in [2.45, 2.75) is 25.6 Å². The summed E-state index contributed by atoms with van der Waals surface area (Å²) in [6, 6.07) is 11.4. The Hall–Kier alpha value is -3.36. The second-order valence-corrected chi connectivity index (χ2v) is 8.28. The molecule has 3 amide bonds. The van der Waals surface area contributed by atoms with Crippen LogP contribution in [0.5, 0.6) is 0 Å². The molecule has 2 aromatic rings. The van der Waals surface area contributed by atoms with Crippen molar-refractivity contribution in [2.24, 2.45) is 0 Å². The number of amides is 3. The lowest BCUT2D eigenvalue weighted by atomic mass is 10.1. The number of alkyl halides is 3. The van der Waals surface area contributed by atoms with E-state index in [-0.39, 0.29) is 23.3 Å². The topological polar surface area (TPSA) is 60.9 Å². The molecule has 2 aromatic carbocycles. The molecule has 174 valence electrons. The van der Waals surface area contributed by atoms with E-state index in [4.69, 9.17) is 0 Å². The van der Waals surface area contributed by atoms with Gasteiger partial charge in [0.1, 0.15) is 0 Å². The number of carbonyl (C=O) groups is 3. The molecule has 2 fully saturated rings. The molecule has 0 aromatic heterocycles. The zero-order chi connectivity index (χ0) is 23.6. The molecule has 0 spiro atoms. The van der Waals surface area contributed by atoms with E-state index in [0.29, 0.717) is 44.7 Å². The van der Waals surface area contributed by atoms with Crippen LogP contribution < -0.4 is 0 Å². The van der Waals surface area contributed by atoms with Crippen LogP contribution in [0.25, 0.3) is 0 Å². The Morgan fingerprint density at radius 1 is 0.818 bits per heavy atom. The van der Waals surface area contributed by atoms with E-state index >= 15 is 0 Å². The molecule has 6 nitrogen and oxygen atoms in total. The lowest BCUT2D eigenvalue weighted by molar-refractivity contribution is -0.137. The van der Waals surface area contributed by atoms with Crippen molar-refractivity contribution in [2.75, 3.05) is 32.7 Å². The molecule has 0 atom stereocenters. The number of nitrogens with zero attached hydrogens (tertiary/aromatic N) is 3. The number of likely N-dealkylation sites (tertiary alicyclic amines) is 1. The molecule has 0 N–H and O–H groups in total. The van der Waals surface area contributed by atoms with Crippen molar-refractivity contribution in [3.63, 3.8) is 0 Å². The first kappa shape index (κ1) is 22.8. The lowest BCUT2D eigenvalue weighted by Crippen LogP contribution is -2.50. The summed E-state index contributed by atoms with van der Waals surface area (Å²) in [4.78, 5) is 42.5. The summed E-state index contributed by atoms with van der Waals surface area (Å²) in [5.41, 5.74) is 0.812. The highest BCUT2D eigenvalue weighted by Gasteiger charge is 2.31. The number of piperazine rings is 1. The van der Waals surface area contributed by atoms with Crippen molar-refractivity contribution in [1.82, 2.24) is 14.7 Å². The van der Waals surface area contributed by atoms with Crippen LogP contribution in [-0.2, 0) is 17.5 Å². The molecule has 9 heteroatoms. The third-order valence-electron chi connectivity index (χ3n) is 6.03. The van der Waals surface area contributed by atoms with Crippen molar-refractivity contribution < 1.29 is 27.6 Å². The molecule has 4 rings (SSSR count). The maximum atomic E-state index is 13.0. The molecule has 2 saturated heterocycles. The Labute approximate surface area is 189 Å². The molecule has 0 aliphatic carbocycles. The minimum atomic E-state index is -4.45. The Bertz CT molecular complexity index is 1040. The van der Waals surface area contributed by atoms with Crippen LogP contribution in [0.15, 0.2) is 48.5 Å². The van der Waals surface area contributed by atoms with Gasteiger partial charge >= 0.3 is 6.18 Å². The van der Waals surface area contributed by atoms with E-state index in [1.807, 2.05) is 6.07 Å². The number of hydrogen-bond acceptors (Lipinski definition) is 3. The number of benzene rings is 2. The van der Waals surface area contributed by atoms with Gasteiger partial charge in [-0.1, -0.05) is 12.1 Å². The zero-order valence-corrected chi connectivity index (χ0v) is 18.0. The summed E-state index contributed by atoms with van der Waals surface area (Å²) in [5.74, 6) is -0.375. The van der Waals surface area contributed by atoms with Crippen LogP contribution in [-0.4, -0.2) is 65.1 Å². The molecule has 2 heterocycles. The Morgan fingerprint density at radius 3 is 1.97 bits per heavy atom. The zero-order valence-electron chi connectivity index (χ0n) is 18.0. The standard InChI is InChI=1S/C24H24F3N3O3/c25-24(26,27)20-8-6-18(7-9-20)22(32)28-11-13-29(14-12-28)23(33)19-4-1-3-17(15-19)16-30-10-2-5-21(30)31/h1,3-4,6-9,15H,2,5,10-14,16H2.